The predicted molar refractivity (Wildman–Crippen MR) is 101 cm³/mol. The normalized spacial score (nSPS) is 10.9. The molecule has 0 aliphatic carbocycles. The highest BCUT2D eigenvalue weighted by Gasteiger charge is 2.22. The molecule has 0 atom stereocenters. The first kappa shape index (κ1) is 17.6. The molecule has 1 aromatic heterocycles. The van der Waals surface area contributed by atoms with Crippen LogP contribution in [0.5, 0.6) is 0 Å². The van der Waals surface area contributed by atoms with Crippen LogP contribution in [0.25, 0.3) is 11.0 Å². The van der Waals surface area contributed by atoms with E-state index in [2.05, 4.69) is 16.9 Å². The molecule has 7 nitrogen and oxygen atoms in total. The number of hydrogen-bond donors (Lipinski definition) is 1. The van der Waals surface area contributed by atoms with Gasteiger partial charge >= 0.3 is 0 Å². The van der Waals surface area contributed by atoms with Crippen molar-refractivity contribution in [1.82, 2.24) is 9.97 Å². The van der Waals surface area contributed by atoms with Gasteiger partial charge in [-0.3, -0.25) is 14.9 Å². The molecule has 0 radical (unpaired) electrons. The van der Waals surface area contributed by atoms with Crippen molar-refractivity contribution in [3.8, 4) is 0 Å². The fraction of sp³-hybridized carbons (Fsp3) is 0.263. The van der Waals surface area contributed by atoms with Crippen LogP contribution in [0.4, 0.5) is 11.4 Å². The fourth-order valence-electron chi connectivity index (χ4n) is 3.03. The summed E-state index contributed by atoms with van der Waals surface area (Å²) in [5.74, 6) is 0.582. The van der Waals surface area contributed by atoms with Crippen molar-refractivity contribution < 1.29 is 9.72 Å². The van der Waals surface area contributed by atoms with Gasteiger partial charge in [0.2, 0.25) is 0 Å². The number of nitrogens with one attached hydrogen (secondary N) is 1. The van der Waals surface area contributed by atoms with E-state index in [1.165, 1.54) is 11.0 Å². The highest BCUT2D eigenvalue weighted by atomic mass is 16.6. The van der Waals surface area contributed by atoms with Crippen LogP contribution in [-0.2, 0) is 6.42 Å². The van der Waals surface area contributed by atoms with Gasteiger partial charge in [0, 0.05) is 25.1 Å². The first-order chi connectivity index (χ1) is 12.4. The number of hydrogen-bond acceptors (Lipinski definition) is 4. The van der Waals surface area contributed by atoms with E-state index in [1.54, 1.807) is 37.4 Å². The van der Waals surface area contributed by atoms with Crippen LogP contribution < -0.4 is 4.90 Å². The number of benzene rings is 2. The SMILES string of the molecule is CCCc1nc2c(C)cc(C(=O)N(C)c3ccccc3[N+](=O)[O-])cc2[nH]1. The molecule has 0 fully saturated rings. The lowest BCUT2D eigenvalue weighted by molar-refractivity contribution is -0.384. The zero-order valence-electron chi connectivity index (χ0n) is 14.9. The van der Waals surface area contributed by atoms with E-state index < -0.39 is 4.92 Å². The molecule has 134 valence electrons. The summed E-state index contributed by atoms with van der Waals surface area (Å²) >= 11 is 0. The summed E-state index contributed by atoms with van der Waals surface area (Å²) in [5.41, 5.74) is 3.15. The number of aromatic nitrogens is 2. The standard InChI is InChI=1S/C19H20N4O3/c1-4-7-17-20-14-11-13(10-12(2)18(14)21-17)19(24)22(3)15-8-5-6-9-16(15)23(25)26/h5-6,8-11H,4,7H2,1-3H3,(H,20,21). The van der Waals surface area contributed by atoms with Crippen LogP contribution in [-0.4, -0.2) is 27.8 Å². The Morgan fingerprint density at radius 2 is 2.04 bits per heavy atom. The maximum Gasteiger partial charge on any atom is 0.292 e. The summed E-state index contributed by atoms with van der Waals surface area (Å²) in [6.45, 7) is 3.98. The van der Waals surface area contributed by atoms with Crippen LogP contribution in [0.2, 0.25) is 0 Å². The first-order valence-corrected chi connectivity index (χ1v) is 8.43. The van der Waals surface area contributed by atoms with Gasteiger partial charge < -0.3 is 9.88 Å². The van der Waals surface area contributed by atoms with E-state index >= 15 is 0 Å². The minimum atomic E-state index is -0.487. The summed E-state index contributed by atoms with van der Waals surface area (Å²) in [5, 5.41) is 11.2. The number of fused-ring (bicyclic) bond motifs is 1. The molecular weight excluding hydrogens is 332 g/mol. The monoisotopic (exact) mass is 352 g/mol. The smallest absolute Gasteiger partial charge is 0.292 e. The van der Waals surface area contributed by atoms with Crippen LogP contribution in [0.1, 0.15) is 35.1 Å². The van der Waals surface area contributed by atoms with Gasteiger partial charge in [0.25, 0.3) is 11.6 Å². The number of imidazole rings is 1. The molecule has 0 aliphatic rings. The number of nitro benzene ring substituents is 1. The predicted octanol–water partition coefficient (Wildman–Crippen LogP) is 4.01. The van der Waals surface area contributed by atoms with Crippen molar-refractivity contribution in [3.05, 3.63) is 63.5 Å². The number of aryl methyl sites for hydroxylation is 2. The van der Waals surface area contributed by atoms with Gasteiger partial charge in [-0.1, -0.05) is 19.1 Å². The first-order valence-electron chi connectivity index (χ1n) is 8.43. The zero-order chi connectivity index (χ0) is 18.8. The highest BCUT2D eigenvalue weighted by molar-refractivity contribution is 6.08. The molecule has 3 rings (SSSR count). The number of aromatic amines is 1. The lowest BCUT2D eigenvalue weighted by Gasteiger charge is -2.17. The third kappa shape index (κ3) is 3.15. The number of amides is 1. The molecule has 3 aromatic rings. The van der Waals surface area contributed by atoms with Crippen molar-refractivity contribution in [2.45, 2.75) is 26.7 Å². The summed E-state index contributed by atoms with van der Waals surface area (Å²) in [7, 11) is 1.54. The molecule has 0 saturated heterocycles. The fourth-order valence-corrected chi connectivity index (χ4v) is 3.03. The average molecular weight is 352 g/mol. The van der Waals surface area contributed by atoms with Crippen molar-refractivity contribution in [2.24, 2.45) is 0 Å². The third-order valence-electron chi connectivity index (χ3n) is 4.30. The minimum absolute atomic E-state index is 0.104. The van der Waals surface area contributed by atoms with Gasteiger partial charge in [0.1, 0.15) is 11.5 Å². The van der Waals surface area contributed by atoms with Gasteiger partial charge in [-0.15, -0.1) is 0 Å². The Hall–Kier alpha value is -3.22. The molecule has 26 heavy (non-hydrogen) atoms. The molecule has 2 aromatic carbocycles. The molecule has 0 unspecified atom stereocenters. The molecule has 0 spiro atoms. The number of carbonyl (C=O) groups is 1. The number of carbonyl (C=O) groups excluding carboxylic acids is 1. The van der Waals surface area contributed by atoms with E-state index in [4.69, 9.17) is 0 Å². The molecule has 0 saturated carbocycles. The van der Waals surface area contributed by atoms with Crippen molar-refractivity contribution >= 4 is 28.3 Å². The Morgan fingerprint density at radius 1 is 1.31 bits per heavy atom. The second-order valence-electron chi connectivity index (χ2n) is 6.23. The summed E-state index contributed by atoms with van der Waals surface area (Å²) in [4.78, 5) is 32.8. The van der Waals surface area contributed by atoms with E-state index in [0.29, 0.717) is 5.56 Å². The number of nitrogens with zero attached hydrogens (tertiary/aromatic N) is 3. The molecule has 7 heteroatoms. The van der Waals surface area contributed by atoms with Gasteiger partial charge in [-0.05, 0) is 37.1 Å². The van der Waals surface area contributed by atoms with Gasteiger partial charge in [0.05, 0.1) is 16.0 Å². The number of H-pyrrole nitrogens is 1. The lowest BCUT2D eigenvalue weighted by atomic mass is 10.1. The molecule has 0 aliphatic heterocycles. The molecule has 1 N–H and O–H groups in total. The Morgan fingerprint density at radius 3 is 2.73 bits per heavy atom. The summed E-state index contributed by atoms with van der Waals surface area (Å²) < 4.78 is 0. The Balaban J connectivity index is 2.01. The quantitative estimate of drug-likeness (QED) is 0.555. The van der Waals surface area contributed by atoms with E-state index in [1.807, 2.05) is 6.92 Å². The van der Waals surface area contributed by atoms with E-state index in [-0.39, 0.29) is 17.3 Å². The van der Waals surface area contributed by atoms with E-state index in [9.17, 15) is 14.9 Å². The van der Waals surface area contributed by atoms with Crippen LogP contribution in [0.3, 0.4) is 0 Å². The van der Waals surface area contributed by atoms with Gasteiger partial charge in [-0.2, -0.15) is 0 Å². The van der Waals surface area contributed by atoms with Crippen LogP contribution in [0, 0.1) is 17.0 Å². The molecular formula is C19H20N4O3. The topological polar surface area (TPSA) is 92.1 Å². The maximum absolute atomic E-state index is 12.9. The number of anilines is 1. The third-order valence-corrected chi connectivity index (χ3v) is 4.30. The Bertz CT molecular complexity index is 994. The van der Waals surface area contributed by atoms with Gasteiger partial charge in [0.15, 0.2) is 0 Å². The van der Waals surface area contributed by atoms with E-state index in [0.717, 1.165) is 35.3 Å². The molecule has 0 bridgehead atoms. The summed E-state index contributed by atoms with van der Waals surface area (Å²) in [6.07, 6.45) is 1.82. The zero-order valence-corrected chi connectivity index (χ0v) is 14.9. The highest BCUT2D eigenvalue weighted by Crippen LogP contribution is 2.28. The number of rotatable bonds is 5. The van der Waals surface area contributed by atoms with Crippen molar-refractivity contribution in [2.75, 3.05) is 11.9 Å². The Kier molecular flexibility index (Phi) is 4.71. The minimum Gasteiger partial charge on any atom is -0.342 e. The van der Waals surface area contributed by atoms with Crippen molar-refractivity contribution in [3.63, 3.8) is 0 Å². The number of nitro groups is 1. The number of para-hydroxylation sites is 2. The van der Waals surface area contributed by atoms with Crippen LogP contribution >= 0.6 is 0 Å². The molecule has 1 heterocycles. The summed E-state index contributed by atoms with van der Waals surface area (Å²) in [6, 6.07) is 9.73. The maximum atomic E-state index is 12.9. The van der Waals surface area contributed by atoms with Crippen molar-refractivity contribution in [1.29, 1.82) is 0 Å². The largest absolute Gasteiger partial charge is 0.342 e. The second kappa shape index (κ2) is 6.95. The molecule has 1 amide bonds. The lowest BCUT2D eigenvalue weighted by Crippen LogP contribution is -2.27. The van der Waals surface area contributed by atoms with Gasteiger partial charge in [-0.25, -0.2) is 4.98 Å². The second-order valence-corrected chi connectivity index (χ2v) is 6.23. The van der Waals surface area contributed by atoms with Crippen LogP contribution in [0.15, 0.2) is 36.4 Å². The Labute approximate surface area is 150 Å². The average Bonchev–Trinajstić information content (AvgIpc) is 3.04.